The molecule has 0 aliphatic rings. The minimum absolute atomic E-state index is 0.206. The van der Waals surface area contributed by atoms with E-state index in [1.165, 1.54) is 36.7 Å². The van der Waals surface area contributed by atoms with Crippen LogP contribution in [-0.2, 0) is 9.53 Å². The van der Waals surface area contributed by atoms with Gasteiger partial charge in [0.2, 0.25) is 0 Å². The summed E-state index contributed by atoms with van der Waals surface area (Å²) in [6, 6.07) is 5.00. The molecule has 9 heteroatoms. The number of alkyl halides is 3. The van der Waals surface area contributed by atoms with Crippen LogP contribution >= 0.6 is 0 Å². The van der Waals surface area contributed by atoms with E-state index in [-0.39, 0.29) is 5.56 Å². The summed E-state index contributed by atoms with van der Waals surface area (Å²) in [6.45, 7) is 0. The molecule has 1 unspecified atom stereocenters. The zero-order valence-corrected chi connectivity index (χ0v) is 11.0. The molecule has 1 aromatic rings. The molecule has 2 N–H and O–H groups in total. The summed E-state index contributed by atoms with van der Waals surface area (Å²) in [6.07, 6.45) is -5.44. The average molecular weight is 307 g/mol. The summed E-state index contributed by atoms with van der Waals surface area (Å²) in [4.78, 5) is 22.8. The predicted molar refractivity (Wildman–Crippen MR) is 63.5 cm³/mol. The van der Waals surface area contributed by atoms with Crippen molar-refractivity contribution < 1.29 is 37.3 Å². The summed E-state index contributed by atoms with van der Waals surface area (Å²) in [5, 5.41) is 10.6. The van der Waals surface area contributed by atoms with Gasteiger partial charge in [0.25, 0.3) is 5.91 Å². The van der Waals surface area contributed by atoms with Gasteiger partial charge < -0.3 is 19.9 Å². The highest BCUT2D eigenvalue weighted by Gasteiger charge is 2.62. The second-order valence-corrected chi connectivity index (χ2v) is 3.88. The third-order valence-corrected chi connectivity index (χ3v) is 2.54. The molecule has 116 valence electrons. The maximum atomic E-state index is 12.8. The molecule has 1 aromatic carbocycles. The number of esters is 1. The number of ether oxygens (including phenoxy) is 2. The Balaban J connectivity index is 3.03. The van der Waals surface area contributed by atoms with Crippen LogP contribution in [0.4, 0.5) is 13.2 Å². The lowest BCUT2D eigenvalue weighted by Gasteiger charge is -2.28. The quantitative estimate of drug-likeness (QED) is 0.636. The molecule has 6 nitrogen and oxygen atoms in total. The van der Waals surface area contributed by atoms with Crippen LogP contribution in [0.2, 0.25) is 0 Å². The van der Waals surface area contributed by atoms with Gasteiger partial charge in [-0.05, 0) is 24.3 Å². The van der Waals surface area contributed by atoms with Crippen LogP contribution < -0.4 is 10.1 Å². The first kappa shape index (κ1) is 16.8. The van der Waals surface area contributed by atoms with E-state index in [1.807, 2.05) is 0 Å². The van der Waals surface area contributed by atoms with Crippen LogP contribution in [0.3, 0.4) is 0 Å². The SMILES string of the molecule is COC(=O)C(O)(NC(=O)c1ccc(OC)cc1)C(F)(F)F. The Morgan fingerprint density at radius 2 is 1.67 bits per heavy atom. The fourth-order valence-electron chi connectivity index (χ4n) is 1.36. The maximum Gasteiger partial charge on any atom is 0.448 e. The molecule has 0 saturated heterocycles. The molecule has 1 atom stereocenters. The van der Waals surface area contributed by atoms with Crippen molar-refractivity contribution in [2.45, 2.75) is 11.9 Å². The topological polar surface area (TPSA) is 84.9 Å². The number of carbonyl (C=O) groups excluding carboxylic acids is 2. The Morgan fingerprint density at radius 1 is 1.14 bits per heavy atom. The van der Waals surface area contributed by atoms with Gasteiger partial charge in [-0.1, -0.05) is 0 Å². The second kappa shape index (κ2) is 6.00. The van der Waals surface area contributed by atoms with Crippen LogP contribution in [0.15, 0.2) is 24.3 Å². The van der Waals surface area contributed by atoms with Crippen molar-refractivity contribution in [3.63, 3.8) is 0 Å². The van der Waals surface area contributed by atoms with E-state index in [9.17, 15) is 27.9 Å². The van der Waals surface area contributed by atoms with Gasteiger partial charge in [0.15, 0.2) is 0 Å². The highest BCUT2D eigenvalue weighted by atomic mass is 19.4. The lowest BCUT2D eigenvalue weighted by Crippen LogP contribution is -2.64. The molecule has 0 aliphatic carbocycles. The number of nitrogens with one attached hydrogen (secondary N) is 1. The number of methoxy groups -OCH3 is 2. The van der Waals surface area contributed by atoms with Gasteiger partial charge in [-0.2, -0.15) is 13.2 Å². The number of benzene rings is 1. The van der Waals surface area contributed by atoms with E-state index in [2.05, 4.69) is 4.74 Å². The normalized spacial score (nSPS) is 14.0. The molecular weight excluding hydrogens is 295 g/mol. The molecule has 0 bridgehead atoms. The van der Waals surface area contributed by atoms with Crippen LogP contribution in [0.5, 0.6) is 5.75 Å². The first-order valence-electron chi connectivity index (χ1n) is 5.49. The third-order valence-electron chi connectivity index (χ3n) is 2.54. The molecule has 1 amide bonds. The second-order valence-electron chi connectivity index (χ2n) is 3.88. The minimum atomic E-state index is -5.44. The van der Waals surface area contributed by atoms with E-state index < -0.39 is 23.8 Å². The van der Waals surface area contributed by atoms with Crippen molar-refractivity contribution in [1.29, 1.82) is 0 Å². The molecule has 0 aromatic heterocycles. The largest absolute Gasteiger partial charge is 0.497 e. The van der Waals surface area contributed by atoms with Gasteiger partial charge in [-0.15, -0.1) is 0 Å². The Labute approximate surface area is 117 Å². The lowest BCUT2D eigenvalue weighted by atomic mass is 10.1. The van der Waals surface area contributed by atoms with Crippen LogP contribution in [-0.4, -0.2) is 43.1 Å². The highest BCUT2D eigenvalue weighted by molar-refractivity contribution is 5.97. The van der Waals surface area contributed by atoms with Crippen LogP contribution in [0.1, 0.15) is 10.4 Å². The van der Waals surface area contributed by atoms with E-state index in [1.54, 1.807) is 0 Å². The number of aliphatic hydroxyl groups is 1. The number of halogens is 3. The van der Waals surface area contributed by atoms with E-state index >= 15 is 0 Å². The van der Waals surface area contributed by atoms with Crippen LogP contribution in [0, 0.1) is 0 Å². The summed E-state index contributed by atoms with van der Waals surface area (Å²) in [5.74, 6) is -2.97. The number of hydrogen-bond acceptors (Lipinski definition) is 5. The first-order chi connectivity index (χ1) is 9.65. The molecule has 21 heavy (non-hydrogen) atoms. The highest BCUT2D eigenvalue weighted by Crippen LogP contribution is 2.29. The molecule has 1 rings (SSSR count). The van der Waals surface area contributed by atoms with E-state index in [0.29, 0.717) is 12.9 Å². The van der Waals surface area contributed by atoms with Gasteiger partial charge in [-0.25, -0.2) is 4.79 Å². The summed E-state index contributed by atoms with van der Waals surface area (Å²) >= 11 is 0. The number of carbonyl (C=O) groups is 2. The van der Waals surface area contributed by atoms with Gasteiger partial charge in [0, 0.05) is 5.56 Å². The zero-order valence-electron chi connectivity index (χ0n) is 11.0. The molecule has 0 aliphatic heterocycles. The Kier molecular flexibility index (Phi) is 4.79. The molecule has 0 saturated carbocycles. The monoisotopic (exact) mass is 307 g/mol. The summed E-state index contributed by atoms with van der Waals surface area (Å²) in [7, 11) is 2.02. The average Bonchev–Trinajstić information content (AvgIpc) is 2.45. The number of rotatable bonds is 4. The van der Waals surface area contributed by atoms with Crippen molar-refractivity contribution >= 4 is 11.9 Å². The minimum Gasteiger partial charge on any atom is -0.497 e. The molecule has 0 heterocycles. The number of amides is 1. The van der Waals surface area contributed by atoms with Gasteiger partial charge in [0.05, 0.1) is 14.2 Å². The fraction of sp³-hybridized carbons (Fsp3) is 0.333. The summed E-state index contributed by atoms with van der Waals surface area (Å²) < 4.78 is 46.9. The smallest absolute Gasteiger partial charge is 0.448 e. The zero-order chi connectivity index (χ0) is 16.3. The first-order valence-corrected chi connectivity index (χ1v) is 5.49. The van der Waals surface area contributed by atoms with E-state index in [4.69, 9.17) is 4.74 Å². The van der Waals surface area contributed by atoms with Crippen molar-refractivity contribution in [2.75, 3.05) is 14.2 Å². The molecule has 0 radical (unpaired) electrons. The Hall–Kier alpha value is -2.29. The molecule has 0 spiro atoms. The van der Waals surface area contributed by atoms with Crippen molar-refractivity contribution in [3.8, 4) is 5.75 Å². The number of hydrogen-bond donors (Lipinski definition) is 2. The third kappa shape index (κ3) is 3.43. The summed E-state index contributed by atoms with van der Waals surface area (Å²) in [5.41, 5.74) is -4.33. The lowest BCUT2D eigenvalue weighted by molar-refractivity contribution is -0.268. The van der Waals surface area contributed by atoms with E-state index in [0.717, 1.165) is 0 Å². The maximum absolute atomic E-state index is 12.8. The van der Waals surface area contributed by atoms with Crippen molar-refractivity contribution in [2.24, 2.45) is 0 Å². The Bertz CT molecular complexity index is 529. The standard InChI is InChI=1S/C12H12F3NO5/c1-20-8-5-3-7(4-6-8)9(17)16-11(19,10(18)21-2)12(13,14)15/h3-6,19H,1-2H3,(H,16,17). The van der Waals surface area contributed by atoms with Crippen molar-refractivity contribution in [3.05, 3.63) is 29.8 Å². The fourth-order valence-corrected chi connectivity index (χ4v) is 1.36. The molecule has 0 fully saturated rings. The van der Waals surface area contributed by atoms with Gasteiger partial charge in [0.1, 0.15) is 5.75 Å². The predicted octanol–water partition coefficient (Wildman–Crippen LogP) is 0.849. The molecular formula is C12H12F3NO5. The van der Waals surface area contributed by atoms with Crippen LogP contribution in [0.25, 0.3) is 0 Å². The Morgan fingerprint density at radius 3 is 2.05 bits per heavy atom. The van der Waals surface area contributed by atoms with Gasteiger partial charge in [-0.3, -0.25) is 4.79 Å². The van der Waals surface area contributed by atoms with Gasteiger partial charge >= 0.3 is 17.9 Å². The van der Waals surface area contributed by atoms with Crippen molar-refractivity contribution in [1.82, 2.24) is 5.32 Å².